The highest BCUT2D eigenvalue weighted by molar-refractivity contribution is 5.02. The van der Waals surface area contributed by atoms with Gasteiger partial charge in [0.2, 0.25) is 0 Å². The Labute approximate surface area is 74.5 Å². The van der Waals surface area contributed by atoms with Gasteiger partial charge in [0.05, 0.1) is 5.60 Å². The van der Waals surface area contributed by atoms with Crippen LogP contribution in [0.4, 0.5) is 0 Å². The largest absolute Gasteiger partial charge is 0.378 e. The molecule has 1 heteroatoms. The first-order chi connectivity index (χ1) is 5.80. The van der Waals surface area contributed by atoms with Crippen LogP contribution in [0.3, 0.4) is 0 Å². The Morgan fingerprint density at radius 1 is 0.917 bits per heavy atom. The third kappa shape index (κ3) is 0.891. The molecule has 0 atom stereocenters. The van der Waals surface area contributed by atoms with Crippen LogP contribution in [0.2, 0.25) is 0 Å². The molecule has 4 saturated carbocycles. The summed E-state index contributed by atoms with van der Waals surface area (Å²) in [4.78, 5) is 0. The van der Waals surface area contributed by atoms with E-state index in [1.807, 2.05) is 7.11 Å². The summed E-state index contributed by atoms with van der Waals surface area (Å²) in [5.41, 5.74) is 0.342. The average Bonchev–Trinajstić information content (AvgIpc) is 2.02. The van der Waals surface area contributed by atoms with Crippen LogP contribution in [0.25, 0.3) is 0 Å². The SMILES string of the molecule is COC12CC3CC(CC(C3)C1)C2. The Balaban J connectivity index is 1.90. The molecule has 4 aliphatic rings. The maximum absolute atomic E-state index is 5.75. The van der Waals surface area contributed by atoms with Crippen LogP contribution in [0.5, 0.6) is 0 Å². The molecule has 0 aromatic heterocycles. The summed E-state index contributed by atoms with van der Waals surface area (Å²) in [5.74, 6) is 3.07. The third-order valence-electron chi connectivity index (χ3n) is 4.42. The Bertz CT molecular complexity index is 162. The van der Waals surface area contributed by atoms with Gasteiger partial charge in [-0.15, -0.1) is 0 Å². The van der Waals surface area contributed by atoms with E-state index in [9.17, 15) is 0 Å². The molecule has 0 aromatic carbocycles. The van der Waals surface area contributed by atoms with E-state index in [-0.39, 0.29) is 0 Å². The molecule has 0 aromatic rings. The molecule has 0 spiro atoms. The molecular weight excluding hydrogens is 148 g/mol. The van der Waals surface area contributed by atoms with E-state index >= 15 is 0 Å². The summed E-state index contributed by atoms with van der Waals surface area (Å²) in [5, 5.41) is 0. The van der Waals surface area contributed by atoms with Gasteiger partial charge < -0.3 is 4.74 Å². The summed E-state index contributed by atoms with van der Waals surface area (Å²) < 4.78 is 5.75. The van der Waals surface area contributed by atoms with Crippen LogP contribution in [0, 0.1) is 17.8 Å². The monoisotopic (exact) mass is 166 g/mol. The molecular formula is C11H18O. The molecule has 0 aliphatic heterocycles. The quantitative estimate of drug-likeness (QED) is 0.582. The molecule has 4 rings (SSSR count). The molecule has 0 saturated heterocycles. The number of methoxy groups -OCH3 is 1. The lowest BCUT2D eigenvalue weighted by molar-refractivity contribution is -0.145. The van der Waals surface area contributed by atoms with Crippen molar-refractivity contribution in [1.82, 2.24) is 0 Å². The number of rotatable bonds is 1. The lowest BCUT2D eigenvalue weighted by Crippen LogP contribution is -2.51. The maximum atomic E-state index is 5.75. The predicted molar refractivity (Wildman–Crippen MR) is 47.9 cm³/mol. The number of hydrogen-bond donors (Lipinski definition) is 0. The first-order valence-corrected chi connectivity index (χ1v) is 5.35. The summed E-state index contributed by atoms with van der Waals surface area (Å²) in [6.07, 6.45) is 8.66. The molecule has 4 aliphatic carbocycles. The van der Waals surface area contributed by atoms with Crippen molar-refractivity contribution in [1.29, 1.82) is 0 Å². The first kappa shape index (κ1) is 7.37. The Hall–Kier alpha value is -0.0400. The molecule has 68 valence electrons. The fourth-order valence-electron chi connectivity index (χ4n) is 4.28. The highest BCUT2D eigenvalue weighted by Crippen LogP contribution is 2.56. The van der Waals surface area contributed by atoms with Crippen molar-refractivity contribution in [2.75, 3.05) is 7.11 Å². The molecule has 0 N–H and O–H groups in total. The van der Waals surface area contributed by atoms with Gasteiger partial charge in [-0.05, 0) is 56.3 Å². The lowest BCUT2D eigenvalue weighted by Gasteiger charge is -2.55. The van der Waals surface area contributed by atoms with Crippen molar-refractivity contribution in [2.45, 2.75) is 44.1 Å². The molecule has 4 bridgehead atoms. The van der Waals surface area contributed by atoms with Crippen LogP contribution in [-0.2, 0) is 4.74 Å². The van der Waals surface area contributed by atoms with Gasteiger partial charge in [-0.1, -0.05) is 0 Å². The molecule has 4 fully saturated rings. The van der Waals surface area contributed by atoms with E-state index in [4.69, 9.17) is 4.74 Å². The van der Waals surface area contributed by atoms with E-state index in [2.05, 4.69) is 0 Å². The molecule has 0 heterocycles. The fourth-order valence-corrected chi connectivity index (χ4v) is 4.28. The van der Waals surface area contributed by atoms with Crippen molar-refractivity contribution in [3.05, 3.63) is 0 Å². The van der Waals surface area contributed by atoms with Crippen molar-refractivity contribution in [3.63, 3.8) is 0 Å². The minimum atomic E-state index is 0.342. The molecule has 12 heavy (non-hydrogen) atoms. The minimum Gasteiger partial charge on any atom is -0.378 e. The van der Waals surface area contributed by atoms with Crippen molar-refractivity contribution >= 4 is 0 Å². The zero-order chi connectivity index (χ0) is 8.18. The van der Waals surface area contributed by atoms with Gasteiger partial charge in [-0.25, -0.2) is 0 Å². The van der Waals surface area contributed by atoms with E-state index in [0.717, 1.165) is 17.8 Å². The Morgan fingerprint density at radius 2 is 1.33 bits per heavy atom. The fraction of sp³-hybridized carbons (Fsp3) is 1.00. The molecule has 1 nitrogen and oxygen atoms in total. The summed E-state index contributed by atoms with van der Waals surface area (Å²) in [6, 6.07) is 0. The van der Waals surface area contributed by atoms with Crippen LogP contribution >= 0.6 is 0 Å². The predicted octanol–water partition coefficient (Wildman–Crippen LogP) is 2.60. The first-order valence-electron chi connectivity index (χ1n) is 5.35. The van der Waals surface area contributed by atoms with Crippen LogP contribution in [-0.4, -0.2) is 12.7 Å². The summed E-state index contributed by atoms with van der Waals surface area (Å²) >= 11 is 0. The molecule has 0 radical (unpaired) electrons. The highest BCUT2D eigenvalue weighted by atomic mass is 16.5. The van der Waals surface area contributed by atoms with Gasteiger partial charge in [-0.2, -0.15) is 0 Å². The van der Waals surface area contributed by atoms with Gasteiger partial charge in [0, 0.05) is 7.11 Å². The van der Waals surface area contributed by atoms with Gasteiger partial charge in [0.1, 0.15) is 0 Å². The Morgan fingerprint density at radius 3 is 1.67 bits per heavy atom. The van der Waals surface area contributed by atoms with Crippen molar-refractivity contribution < 1.29 is 4.74 Å². The summed E-state index contributed by atoms with van der Waals surface area (Å²) in [7, 11) is 1.92. The second-order valence-electron chi connectivity index (χ2n) is 5.30. The minimum absolute atomic E-state index is 0.342. The van der Waals surface area contributed by atoms with E-state index < -0.39 is 0 Å². The normalized spacial score (nSPS) is 56.2. The van der Waals surface area contributed by atoms with E-state index in [1.165, 1.54) is 38.5 Å². The summed E-state index contributed by atoms with van der Waals surface area (Å²) in [6.45, 7) is 0. The highest BCUT2D eigenvalue weighted by Gasteiger charge is 2.51. The van der Waals surface area contributed by atoms with Gasteiger partial charge in [0.25, 0.3) is 0 Å². The van der Waals surface area contributed by atoms with Crippen LogP contribution in [0.1, 0.15) is 38.5 Å². The van der Waals surface area contributed by atoms with Gasteiger partial charge >= 0.3 is 0 Å². The van der Waals surface area contributed by atoms with Crippen LogP contribution < -0.4 is 0 Å². The second kappa shape index (κ2) is 2.25. The van der Waals surface area contributed by atoms with Crippen LogP contribution in [0.15, 0.2) is 0 Å². The third-order valence-corrected chi connectivity index (χ3v) is 4.42. The lowest BCUT2D eigenvalue weighted by atomic mass is 9.54. The van der Waals surface area contributed by atoms with E-state index in [1.54, 1.807) is 0 Å². The molecule has 0 unspecified atom stereocenters. The maximum Gasteiger partial charge on any atom is 0.0686 e. The topological polar surface area (TPSA) is 9.23 Å². The molecule has 0 amide bonds. The number of ether oxygens (including phenoxy) is 1. The average molecular weight is 166 g/mol. The van der Waals surface area contributed by atoms with Gasteiger partial charge in [-0.3, -0.25) is 0 Å². The van der Waals surface area contributed by atoms with Crippen molar-refractivity contribution in [2.24, 2.45) is 17.8 Å². The number of hydrogen-bond acceptors (Lipinski definition) is 1. The Kier molecular flexibility index (Phi) is 1.39. The van der Waals surface area contributed by atoms with Gasteiger partial charge in [0.15, 0.2) is 0 Å². The zero-order valence-corrected chi connectivity index (χ0v) is 7.88. The smallest absolute Gasteiger partial charge is 0.0686 e. The standard InChI is InChI=1S/C11H18O/c1-12-11-5-8-2-9(6-11)4-10(3-8)7-11/h8-10H,2-7H2,1H3. The van der Waals surface area contributed by atoms with E-state index in [0.29, 0.717) is 5.60 Å². The second-order valence-corrected chi connectivity index (χ2v) is 5.30. The van der Waals surface area contributed by atoms with Crippen molar-refractivity contribution in [3.8, 4) is 0 Å². The zero-order valence-electron chi connectivity index (χ0n) is 7.88.